The SMILES string of the molecule is C[Si](C)(C)c1ccc(-c2ccc3ccc4c(-c5ccc6oc7c(-c8ccc9ccc%10ccccc%10c9c8)cccc7c6c5)ccc5ccc2c3c54)cc1. The lowest BCUT2D eigenvalue weighted by atomic mass is 9.87. The summed E-state index contributed by atoms with van der Waals surface area (Å²) in [5.74, 6) is 0. The molecule has 0 N–H and O–H groups in total. The lowest BCUT2D eigenvalue weighted by Crippen LogP contribution is -2.37. The van der Waals surface area contributed by atoms with E-state index in [0.717, 1.165) is 33.1 Å². The average molecular weight is 693 g/mol. The lowest BCUT2D eigenvalue weighted by molar-refractivity contribution is 0.670. The van der Waals surface area contributed by atoms with Crippen molar-refractivity contribution >= 4 is 89.1 Å². The van der Waals surface area contributed by atoms with Crippen LogP contribution in [0.1, 0.15) is 0 Å². The van der Waals surface area contributed by atoms with E-state index in [2.05, 4.69) is 183 Å². The zero-order chi connectivity index (χ0) is 35.4. The first-order valence-electron chi connectivity index (χ1n) is 18.6. The van der Waals surface area contributed by atoms with Crippen LogP contribution in [0, 0.1) is 0 Å². The molecule has 250 valence electrons. The van der Waals surface area contributed by atoms with E-state index in [9.17, 15) is 0 Å². The molecule has 0 spiro atoms. The maximum absolute atomic E-state index is 6.69. The maximum atomic E-state index is 6.69. The fraction of sp³-hybridized carbons (Fsp3) is 0.0588. The Morgan fingerprint density at radius 1 is 0.358 bits per heavy atom. The largest absolute Gasteiger partial charge is 0.455 e. The molecule has 0 aliphatic rings. The summed E-state index contributed by atoms with van der Waals surface area (Å²) >= 11 is 0. The van der Waals surface area contributed by atoms with Gasteiger partial charge in [-0.25, -0.2) is 0 Å². The van der Waals surface area contributed by atoms with Gasteiger partial charge in [-0.3, -0.25) is 0 Å². The molecule has 0 saturated heterocycles. The van der Waals surface area contributed by atoms with E-state index in [1.54, 1.807) is 0 Å². The molecule has 0 fully saturated rings. The number of rotatable bonds is 4. The Balaban J connectivity index is 1.06. The van der Waals surface area contributed by atoms with Crippen molar-refractivity contribution in [2.24, 2.45) is 0 Å². The van der Waals surface area contributed by atoms with Gasteiger partial charge in [0.1, 0.15) is 11.2 Å². The van der Waals surface area contributed by atoms with Crippen LogP contribution in [0.25, 0.3) is 109 Å². The molecular formula is C51H36OSi. The van der Waals surface area contributed by atoms with Crippen molar-refractivity contribution in [3.05, 3.63) is 164 Å². The van der Waals surface area contributed by atoms with Crippen molar-refractivity contribution in [2.45, 2.75) is 19.6 Å². The standard InChI is InChI=1S/C51H36OSi/c1-53(2,3)38-22-15-32(16-23-38)40-24-17-34-20-27-44-41(25-18-35-19-26-43(40)49(34)50(35)44)36-21-28-48-47(30-36)45-10-6-9-42(51(45)52-48)37-14-13-33-12-11-31-7-4-5-8-39(31)46(33)29-37/h4-30H,1-3H3. The number of furan rings is 1. The third-order valence-corrected chi connectivity index (χ3v) is 13.7. The van der Waals surface area contributed by atoms with E-state index < -0.39 is 8.07 Å². The quantitative estimate of drug-likeness (QED) is 0.132. The van der Waals surface area contributed by atoms with Gasteiger partial charge in [-0.1, -0.05) is 170 Å². The van der Waals surface area contributed by atoms with Crippen molar-refractivity contribution in [1.29, 1.82) is 0 Å². The normalized spacial score (nSPS) is 12.4. The van der Waals surface area contributed by atoms with E-state index in [1.807, 2.05) is 0 Å². The summed E-state index contributed by atoms with van der Waals surface area (Å²) in [7, 11) is -1.37. The van der Waals surface area contributed by atoms with E-state index in [1.165, 1.54) is 81.3 Å². The third kappa shape index (κ3) is 4.62. The fourth-order valence-electron chi connectivity index (χ4n) is 8.82. The lowest BCUT2D eigenvalue weighted by Gasteiger charge is -2.18. The number of hydrogen-bond donors (Lipinski definition) is 0. The molecule has 11 aromatic rings. The van der Waals surface area contributed by atoms with Crippen molar-refractivity contribution < 1.29 is 4.42 Å². The Hall–Kier alpha value is -6.22. The first-order valence-corrected chi connectivity index (χ1v) is 22.1. The van der Waals surface area contributed by atoms with Gasteiger partial charge in [0.15, 0.2) is 0 Å². The van der Waals surface area contributed by atoms with Gasteiger partial charge in [0.05, 0.1) is 8.07 Å². The smallest absolute Gasteiger partial charge is 0.143 e. The zero-order valence-electron chi connectivity index (χ0n) is 30.0. The molecule has 1 nitrogen and oxygen atoms in total. The van der Waals surface area contributed by atoms with Gasteiger partial charge in [-0.2, -0.15) is 0 Å². The van der Waals surface area contributed by atoms with Gasteiger partial charge in [-0.15, -0.1) is 0 Å². The fourth-order valence-corrected chi connectivity index (χ4v) is 9.98. The van der Waals surface area contributed by atoms with Crippen molar-refractivity contribution in [1.82, 2.24) is 0 Å². The molecule has 0 amide bonds. The molecule has 0 saturated carbocycles. The molecule has 0 aliphatic carbocycles. The summed E-state index contributed by atoms with van der Waals surface area (Å²) in [4.78, 5) is 0. The van der Waals surface area contributed by atoms with Crippen LogP contribution in [-0.2, 0) is 0 Å². The van der Waals surface area contributed by atoms with Crippen LogP contribution in [0.2, 0.25) is 19.6 Å². The van der Waals surface area contributed by atoms with Crippen LogP contribution in [-0.4, -0.2) is 8.07 Å². The van der Waals surface area contributed by atoms with Crippen LogP contribution >= 0.6 is 0 Å². The highest BCUT2D eigenvalue weighted by atomic mass is 28.3. The highest BCUT2D eigenvalue weighted by Crippen LogP contribution is 2.44. The summed E-state index contributed by atoms with van der Waals surface area (Å²) < 4.78 is 6.69. The predicted octanol–water partition coefficient (Wildman–Crippen LogP) is 14.3. The highest BCUT2D eigenvalue weighted by Gasteiger charge is 2.19. The minimum Gasteiger partial charge on any atom is -0.455 e. The average Bonchev–Trinajstić information content (AvgIpc) is 3.57. The van der Waals surface area contributed by atoms with Crippen LogP contribution in [0.5, 0.6) is 0 Å². The van der Waals surface area contributed by atoms with Gasteiger partial charge in [-0.05, 0) is 99.9 Å². The Morgan fingerprint density at radius 2 is 0.906 bits per heavy atom. The Kier molecular flexibility index (Phi) is 6.39. The summed E-state index contributed by atoms with van der Waals surface area (Å²) in [6.07, 6.45) is 0. The number of hydrogen-bond acceptors (Lipinski definition) is 1. The van der Waals surface area contributed by atoms with Crippen LogP contribution < -0.4 is 5.19 Å². The molecule has 1 heterocycles. The molecule has 0 bridgehead atoms. The van der Waals surface area contributed by atoms with E-state index in [4.69, 9.17) is 4.42 Å². The number of fused-ring (bicyclic) bond motifs is 6. The number of benzene rings is 10. The zero-order valence-corrected chi connectivity index (χ0v) is 31.0. The highest BCUT2D eigenvalue weighted by molar-refractivity contribution is 6.88. The van der Waals surface area contributed by atoms with E-state index >= 15 is 0 Å². The summed E-state index contributed by atoms with van der Waals surface area (Å²) in [5.41, 5.74) is 9.12. The van der Waals surface area contributed by atoms with Crippen LogP contribution in [0.3, 0.4) is 0 Å². The molecule has 0 unspecified atom stereocenters. The van der Waals surface area contributed by atoms with Gasteiger partial charge < -0.3 is 4.42 Å². The third-order valence-electron chi connectivity index (χ3n) is 11.6. The molecule has 0 atom stereocenters. The van der Waals surface area contributed by atoms with Crippen molar-refractivity contribution in [3.63, 3.8) is 0 Å². The minimum absolute atomic E-state index is 0.907. The molecule has 2 heteroatoms. The molecule has 10 aromatic carbocycles. The Bertz CT molecular complexity index is 3250. The molecule has 11 rings (SSSR count). The molecule has 0 radical (unpaired) electrons. The summed E-state index contributed by atoms with van der Waals surface area (Å²) in [6, 6.07) is 60.9. The van der Waals surface area contributed by atoms with E-state index in [0.29, 0.717) is 0 Å². The van der Waals surface area contributed by atoms with E-state index in [-0.39, 0.29) is 0 Å². The van der Waals surface area contributed by atoms with Crippen LogP contribution in [0.15, 0.2) is 168 Å². The van der Waals surface area contributed by atoms with Crippen molar-refractivity contribution in [3.8, 4) is 33.4 Å². The first kappa shape index (κ1) is 30.4. The predicted molar refractivity (Wildman–Crippen MR) is 232 cm³/mol. The Morgan fingerprint density at radius 3 is 1.64 bits per heavy atom. The van der Waals surface area contributed by atoms with Crippen molar-refractivity contribution in [2.75, 3.05) is 0 Å². The maximum Gasteiger partial charge on any atom is 0.143 e. The molecule has 1 aromatic heterocycles. The second kappa shape index (κ2) is 11.1. The van der Waals surface area contributed by atoms with Gasteiger partial charge in [0, 0.05) is 16.3 Å². The molecule has 0 aliphatic heterocycles. The molecule has 53 heavy (non-hydrogen) atoms. The van der Waals surface area contributed by atoms with Gasteiger partial charge >= 0.3 is 0 Å². The first-order chi connectivity index (χ1) is 25.9. The van der Waals surface area contributed by atoms with Crippen LogP contribution in [0.4, 0.5) is 0 Å². The summed E-state index contributed by atoms with van der Waals surface area (Å²) in [5, 5.41) is 16.6. The van der Waals surface area contributed by atoms with Gasteiger partial charge in [0.25, 0.3) is 0 Å². The topological polar surface area (TPSA) is 13.1 Å². The second-order valence-corrected chi connectivity index (χ2v) is 20.8. The Labute approximate surface area is 309 Å². The second-order valence-electron chi connectivity index (χ2n) is 15.7. The molecular weight excluding hydrogens is 657 g/mol. The monoisotopic (exact) mass is 692 g/mol. The number of para-hydroxylation sites is 1. The summed E-state index contributed by atoms with van der Waals surface area (Å²) in [6.45, 7) is 7.23. The van der Waals surface area contributed by atoms with Gasteiger partial charge in [0.2, 0.25) is 0 Å². The minimum atomic E-state index is -1.37.